The van der Waals surface area contributed by atoms with Crippen LogP contribution >= 0.6 is 0 Å². The fourth-order valence-corrected chi connectivity index (χ4v) is 1.97. The predicted molar refractivity (Wildman–Crippen MR) is 67.1 cm³/mol. The molecule has 0 radical (unpaired) electrons. The Labute approximate surface area is 111 Å². The molecular formula is C12H18N4O3. The molecule has 19 heavy (non-hydrogen) atoms. The van der Waals surface area contributed by atoms with E-state index in [4.69, 9.17) is 10.5 Å². The van der Waals surface area contributed by atoms with Crippen LogP contribution in [0, 0.1) is 0 Å². The van der Waals surface area contributed by atoms with Crippen LogP contribution in [0.3, 0.4) is 0 Å². The number of carbonyl (C=O) groups excluding carboxylic acids is 2. The predicted octanol–water partition coefficient (Wildman–Crippen LogP) is 0.660. The van der Waals surface area contributed by atoms with Gasteiger partial charge in [0.1, 0.15) is 11.6 Å². The van der Waals surface area contributed by atoms with E-state index in [0.717, 1.165) is 5.69 Å². The van der Waals surface area contributed by atoms with Gasteiger partial charge in [-0.2, -0.15) is 5.10 Å². The lowest BCUT2D eigenvalue weighted by Gasteiger charge is -2.33. The number of nitrogens with zero attached hydrogens (tertiary/aromatic N) is 3. The van der Waals surface area contributed by atoms with Gasteiger partial charge in [0.05, 0.1) is 18.8 Å². The van der Waals surface area contributed by atoms with E-state index in [1.54, 1.807) is 37.7 Å². The molecule has 2 heterocycles. The number of primary amides is 1. The molecule has 0 saturated heterocycles. The summed E-state index contributed by atoms with van der Waals surface area (Å²) in [6, 6.07) is 1.11. The van der Waals surface area contributed by atoms with Crippen LogP contribution in [0.5, 0.6) is 0 Å². The Bertz CT molecular complexity index is 503. The maximum atomic E-state index is 12.0. The molecule has 0 fully saturated rings. The van der Waals surface area contributed by atoms with E-state index in [0.29, 0.717) is 6.54 Å². The highest BCUT2D eigenvalue weighted by atomic mass is 16.6. The number of hydrogen-bond donors (Lipinski definition) is 1. The van der Waals surface area contributed by atoms with E-state index in [1.165, 1.54) is 4.90 Å². The molecule has 1 unspecified atom stereocenters. The number of carbonyl (C=O) groups is 2. The van der Waals surface area contributed by atoms with E-state index >= 15 is 0 Å². The standard InChI is InChI=1S/C12H18N4O3/c1-12(2,3)19-11(18)15-6-8-4-5-14-16(8)9(7-15)10(13)17/h4-5,9H,6-7H2,1-3H3,(H2,13,17). The first-order chi connectivity index (χ1) is 8.78. The molecule has 0 bridgehead atoms. The maximum absolute atomic E-state index is 12.0. The first kappa shape index (κ1) is 13.4. The zero-order valence-corrected chi connectivity index (χ0v) is 11.3. The van der Waals surface area contributed by atoms with E-state index in [9.17, 15) is 9.59 Å². The van der Waals surface area contributed by atoms with Crippen molar-refractivity contribution in [3.8, 4) is 0 Å². The van der Waals surface area contributed by atoms with Crippen LogP contribution < -0.4 is 5.73 Å². The molecule has 7 heteroatoms. The number of amides is 2. The Morgan fingerprint density at radius 1 is 1.47 bits per heavy atom. The fraction of sp³-hybridized carbons (Fsp3) is 0.583. The molecular weight excluding hydrogens is 248 g/mol. The van der Waals surface area contributed by atoms with Gasteiger partial charge in [0.15, 0.2) is 0 Å². The number of rotatable bonds is 1. The van der Waals surface area contributed by atoms with E-state index in [-0.39, 0.29) is 6.54 Å². The summed E-state index contributed by atoms with van der Waals surface area (Å²) in [6.07, 6.45) is 1.13. The molecule has 1 aliphatic rings. The van der Waals surface area contributed by atoms with Crippen molar-refractivity contribution in [1.29, 1.82) is 0 Å². The summed E-state index contributed by atoms with van der Waals surface area (Å²) >= 11 is 0. The quantitative estimate of drug-likeness (QED) is 0.808. The second-order valence-electron chi connectivity index (χ2n) is 5.55. The number of nitrogens with two attached hydrogens (primary N) is 1. The minimum absolute atomic E-state index is 0.179. The number of aromatic nitrogens is 2. The topological polar surface area (TPSA) is 90.4 Å². The van der Waals surface area contributed by atoms with Gasteiger partial charge in [0.2, 0.25) is 5.91 Å². The Morgan fingerprint density at radius 3 is 2.74 bits per heavy atom. The van der Waals surface area contributed by atoms with Gasteiger partial charge in [-0.25, -0.2) is 4.79 Å². The number of hydrogen-bond acceptors (Lipinski definition) is 4. The fourth-order valence-electron chi connectivity index (χ4n) is 1.97. The lowest BCUT2D eigenvalue weighted by molar-refractivity contribution is -0.122. The smallest absolute Gasteiger partial charge is 0.410 e. The second-order valence-corrected chi connectivity index (χ2v) is 5.55. The normalized spacial score (nSPS) is 18.9. The molecule has 0 aliphatic carbocycles. The zero-order valence-electron chi connectivity index (χ0n) is 11.3. The average molecular weight is 266 g/mol. The van der Waals surface area contributed by atoms with E-state index in [2.05, 4.69) is 5.10 Å². The van der Waals surface area contributed by atoms with Crippen LogP contribution in [0.1, 0.15) is 32.5 Å². The van der Waals surface area contributed by atoms with Gasteiger partial charge in [0, 0.05) is 6.20 Å². The van der Waals surface area contributed by atoms with Gasteiger partial charge in [-0.1, -0.05) is 0 Å². The Kier molecular flexibility index (Phi) is 3.21. The second kappa shape index (κ2) is 4.56. The van der Waals surface area contributed by atoms with Crippen molar-refractivity contribution in [3.05, 3.63) is 18.0 Å². The van der Waals surface area contributed by atoms with Gasteiger partial charge in [-0.15, -0.1) is 0 Å². The van der Waals surface area contributed by atoms with Crippen molar-refractivity contribution >= 4 is 12.0 Å². The van der Waals surface area contributed by atoms with Crippen LogP contribution in [-0.2, 0) is 16.1 Å². The van der Waals surface area contributed by atoms with Crippen molar-refractivity contribution in [1.82, 2.24) is 14.7 Å². The Morgan fingerprint density at radius 2 is 2.16 bits per heavy atom. The molecule has 2 rings (SSSR count). The highest BCUT2D eigenvalue weighted by Crippen LogP contribution is 2.22. The summed E-state index contributed by atoms with van der Waals surface area (Å²) in [5.74, 6) is -0.516. The van der Waals surface area contributed by atoms with E-state index in [1.807, 2.05) is 0 Å². The molecule has 1 aliphatic heterocycles. The van der Waals surface area contributed by atoms with Crippen LogP contribution in [0.15, 0.2) is 12.3 Å². The van der Waals surface area contributed by atoms with Crippen LogP contribution in [0.2, 0.25) is 0 Å². The monoisotopic (exact) mass is 266 g/mol. The van der Waals surface area contributed by atoms with Crippen molar-refractivity contribution in [2.75, 3.05) is 6.54 Å². The molecule has 1 atom stereocenters. The van der Waals surface area contributed by atoms with Crippen molar-refractivity contribution in [3.63, 3.8) is 0 Å². The van der Waals surface area contributed by atoms with Gasteiger partial charge in [-0.05, 0) is 26.8 Å². The molecule has 1 aromatic heterocycles. The Balaban J connectivity index is 2.19. The largest absolute Gasteiger partial charge is 0.444 e. The van der Waals surface area contributed by atoms with Crippen molar-refractivity contribution in [2.45, 2.75) is 39.0 Å². The summed E-state index contributed by atoms with van der Waals surface area (Å²) in [4.78, 5) is 25.0. The highest BCUT2D eigenvalue weighted by Gasteiger charge is 2.33. The third-order valence-electron chi connectivity index (χ3n) is 2.77. The molecule has 1 aromatic rings. The van der Waals surface area contributed by atoms with E-state index < -0.39 is 23.6 Å². The lowest BCUT2D eigenvalue weighted by atomic mass is 10.2. The summed E-state index contributed by atoms with van der Waals surface area (Å²) in [6.45, 7) is 5.93. The lowest BCUT2D eigenvalue weighted by Crippen LogP contribution is -2.47. The van der Waals surface area contributed by atoms with Gasteiger partial charge >= 0.3 is 6.09 Å². The molecule has 0 saturated carbocycles. The first-order valence-electron chi connectivity index (χ1n) is 6.07. The van der Waals surface area contributed by atoms with Crippen LogP contribution in [0.25, 0.3) is 0 Å². The van der Waals surface area contributed by atoms with Crippen molar-refractivity contribution < 1.29 is 14.3 Å². The molecule has 2 N–H and O–H groups in total. The molecule has 0 aromatic carbocycles. The van der Waals surface area contributed by atoms with Crippen LogP contribution in [-0.4, -0.2) is 38.8 Å². The Hall–Kier alpha value is -2.05. The zero-order chi connectivity index (χ0) is 14.2. The van der Waals surface area contributed by atoms with Crippen LogP contribution in [0.4, 0.5) is 4.79 Å². The molecule has 104 valence electrons. The third-order valence-corrected chi connectivity index (χ3v) is 2.77. The first-order valence-corrected chi connectivity index (χ1v) is 6.07. The minimum atomic E-state index is -0.647. The SMILES string of the molecule is CC(C)(C)OC(=O)N1Cc2ccnn2C(C(N)=O)C1. The van der Waals surface area contributed by atoms with Gasteiger partial charge < -0.3 is 10.5 Å². The third kappa shape index (κ3) is 2.86. The van der Waals surface area contributed by atoms with Gasteiger partial charge in [-0.3, -0.25) is 14.4 Å². The summed E-state index contributed by atoms with van der Waals surface area (Å²) in [5, 5.41) is 4.06. The minimum Gasteiger partial charge on any atom is -0.444 e. The summed E-state index contributed by atoms with van der Waals surface area (Å²) in [7, 11) is 0. The highest BCUT2D eigenvalue weighted by molar-refractivity contribution is 5.80. The average Bonchev–Trinajstić information content (AvgIpc) is 2.72. The molecule has 0 spiro atoms. The summed E-state index contributed by atoms with van der Waals surface area (Å²) < 4.78 is 6.86. The molecule has 2 amide bonds. The molecule has 7 nitrogen and oxygen atoms in total. The summed E-state index contributed by atoms with van der Waals surface area (Å²) in [5.41, 5.74) is 5.54. The van der Waals surface area contributed by atoms with Gasteiger partial charge in [0.25, 0.3) is 0 Å². The van der Waals surface area contributed by atoms with Crippen molar-refractivity contribution in [2.24, 2.45) is 5.73 Å². The maximum Gasteiger partial charge on any atom is 0.410 e. The number of fused-ring (bicyclic) bond motifs is 1. The number of ether oxygens (including phenoxy) is 1.